The number of nitrogens with zero attached hydrogens (tertiary/aromatic N) is 1. The predicted octanol–water partition coefficient (Wildman–Crippen LogP) is 3.18. The summed E-state index contributed by atoms with van der Waals surface area (Å²) in [4.78, 5) is 4.56. The molecule has 0 amide bonds. The number of aromatic nitrogens is 1. The number of aryl methyl sites for hydroxylation is 1. The van der Waals surface area contributed by atoms with Gasteiger partial charge in [-0.15, -0.1) is 11.3 Å². The Morgan fingerprint density at radius 1 is 1.44 bits per heavy atom. The number of methoxy groups -OCH3 is 1. The molecule has 0 aliphatic heterocycles. The topological polar surface area (TPSA) is 34.1 Å². The molecule has 4 heteroatoms. The molecule has 0 radical (unpaired) electrons. The number of unbranched alkanes of at least 4 members (excludes halogenated alkanes) is 1. The molecule has 18 heavy (non-hydrogen) atoms. The smallest absolute Gasteiger partial charge is 0.0943 e. The third-order valence-corrected chi connectivity index (χ3v) is 3.91. The van der Waals surface area contributed by atoms with Crippen molar-refractivity contribution in [2.75, 3.05) is 20.3 Å². The van der Waals surface area contributed by atoms with E-state index in [0.29, 0.717) is 6.04 Å². The Bertz CT molecular complexity index is 314. The van der Waals surface area contributed by atoms with E-state index < -0.39 is 0 Å². The van der Waals surface area contributed by atoms with Crippen molar-refractivity contribution in [3.05, 3.63) is 16.1 Å². The SMILES string of the molecule is CCCNC(CCCCOC)Cc1nc(C)cs1. The second-order valence-electron chi connectivity index (χ2n) is 4.73. The Balaban J connectivity index is 2.34. The molecule has 1 N–H and O–H groups in total. The molecule has 0 fully saturated rings. The number of ether oxygens (including phenoxy) is 1. The van der Waals surface area contributed by atoms with Gasteiger partial charge in [-0.3, -0.25) is 0 Å². The Hall–Kier alpha value is -0.450. The van der Waals surface area contributed by atoms with E-state index in [1.165, 1.54) is 24.3 Å². The molecule has 0 aliphatic rings. The van der Waals surface area contributed by atoms with Crippen molar-refractivity contribution < 1.29 is 4.74 Å². The van der Waals surface area contributed by atoms with Gasteiger partial charge in [0.25, 0.3) is 0 Å². The van der Waals surface area contributed by atoms with Crippen molar-refractivity contribution >= 4 is 11.3 Å². The first-order valence-electron chi connectivity index (χ1n) is 6.89. The van der Waals surface area contributed by atoms with Gasteiger partial charge in [-0.1, -0.05) is 6.92 Å². The Morgan fingerprint density at radius 3 is 2.89 bits per heavy atom. The van der Waals surface area contributed by atoms with Crippen LogP contribution in [0.1, 0.15) is 43.3 Å². The molecule has 0 spiro atoms. The van der Waals surface area contributed by atoms with Gasteiger partial charge in [0.1, 0.15) is 0 Å². The Morgan fingerprint density at radius 2 is 2.28 bits per heavy atom. The lowest BCUT2D eigenvalue weighted by atomic mass is 10.1. The standard InChI is InChI=1S/C14H26N2OS/c1-4-8-15-13(7-5-6-9-17-3)10-14-16-12(2)11-18-14/h11,13,15H,4-10H2,1-3H3. The average molecular weight is 270 g/mol. The minimum atomic E-state index is 0.562. The molecular formula is C14H26N2OS. The highest BCUT2D eigenvalue weighted by molar-refractivity contribution is 7.09. The summed E-state index contributed by atoms with van der Waals surface area (Å²) in [5.74, 6) is 0. The van der Waals surface area contributed by atoms with Gasteiger partial charge in [0.2, 0.25) is 0 Å². The largest absolute Gasteiger partial charge is 0.385 e. The molecule has 1 unspecified atom stereocenters. The van der Waals surface area contributed by atoms with Crippen LogP contribution in [-0.4, -0.2) is 31.3 Å². The van der Waals surface area contributed by atoms with E-state index in [2.05, 4.69) is 29.5 Å². The van der Waals surface area contributed by atoms with Gasteiger partial charge < -0.3 is 10.1 Å². The van der Waals surface area contributed by atoms with E-state index in [4.69, 9.17) is 4.74 Å². The van der Waals surface area contributed by atoms with Crippen LogP contribution in [0, 0.1) is 6.92 Å². The number of rotatable bonds is 10. The van der Waals surface area contributed by atoms with Gasteiger partial charge in [-0.2, -0.15) is 0 Å². The third-order valence-electron chi connectivity index (χ3n) is 2.92. The average Bonchev–Trinajstić information content (AvgIpc) is 2.77. The summed E-state index contributed by atoms with van der Waals surface area (Å²) in [6.45, 7) is 6.24. The zero-order valence-corrected chi connectivity index (χ0v) is 12.7. The molecule has 1 aromatic heterocycles. The van der Waals surface area contributed by atoms with Gasteiger partial charge in [-0.25, -0.2) is 4.98 Å². The first kappa shape index (κ1) is 15.6. The monoisotopic (exact) mass is 270 g/mol. The number of thiazole rings is 1. The van der Waals surface area contributed by atoms with Crippen LogP contribution in [0.5, 0.6) is 0 Å². The summed E-state index contributed by atoms with van der Waals surface area (Å²) in [6.07, 6.45) is 5.83. The summed E-state index contributed by atoms with van der Waals surface area (Å²) in [6, 6.07) is 0.562. The second-order valence-corrected chi connectivity index (χ2v) is 5.67. The Labute approximate surface area is 115 Å². The van der Waals surface area contributed by atoms with Crippen LogP contribution in [0.2, 0.25) is 0 Å². The summed E-state index contributed by atoms with van der Waals surface area (Å²) < 4.78 is 5.10. The third kappa shape index (κ3) is 6.47. The maximum atomic E-state index is 5.10. The fourth-order valence-electron chi connectivity index (χ4n) is 1.97. The molecule has 0 bridgehead atoms. The zero-order chi connectivity index (χ0) is 13.2. The van der Waals surface area contributed by atoms with Crippen molar-refractivity contribution in [2.24, 2.45) is 0 Å². The van der Waals surface area contributed by atoms with Crippen molar-refractivity contribution in [3.8, 4) is 0 Å². The lowest BCUT2D eigenvalue weighted by Gasteiger charge is -2.17. The molecule has 1 rings (SSSR count). The molecule has 3 nitrogen and oxygen atoms in total. The van der Waals surface area contributed by atoms with E-state index in [9.17, 15) is 0 Å². The summed E-state index contributed by atoms with van der Waals surface area (Å²) in [5, 5.41) is 7.02. The van der Waals surface area contributed by atoms with Crippen molar-refractivity contribution in [2.45, 2.75) is 52.0 Å². The zero-order valence-electron chi connectivity index (χ0n) is 11.9. The summed E-state index contributed by atoms with van der Waals surface area (Å²) in [7, 11) is 1.77. The predicted molar refractivity (Wildman–Crippen MR) is 78.4 cm³/mol. The lowest BCUT2D eigenvalue weighted by Crippen LogP contribution is -2.31. The van der Waals surface area contributed by atoms with Crippen molar-refractivity contribution in [3.63, 3.8) is 0 Å². The Kier molecular flexibility index (Phi) is 8.22. The molecule has 104 valence electrons. The summed E-state index contributed by atoms with van der Waals surface area (Å²) >= 11 is 1.78. The van der Waals surface area contributed by atoms with Crippen LogP contribution in [0.15, 0.2) is 5.38 Å². The van der Waals surface area contributed by atoms with E-state index in [0.717, 1.165) is 31.7 Å². The van der Waals surface area contributed by atoms with E-state index in [1.807, 2.05) is 0 Å². The van der Waals surface area contributed by atoms with Crippen molar-refractivity contribution in [1.82, 2.24) is 10.3 Å². The number of nitrogens with one attached hydrogen (secondary N) is 1. The van der Waals surface area contributed by atoms with Crippen LogP contribution in [-0.2, 0) is 11.2 Å². The highest BCUT2D eigenvalue weighted by Crippen LogP contribution is 2.14. The minimum absolute atomic E-state index is 0.562. The van der Waals surface area contributed by atoms with Gasteiger partial charge in [0.05, 0.1) is 5.01 Å². The normalized spacial score (nSPS) is 12.8. The number of hydrogen-bond donors (Lipinski definition) is 1. The first-order chi connectivity index (χ1) is 8.76. The first-order valence-corrected chi connectivity index (χ1v) is 7.77. The van der Waals surface area contributed by atoms with Gasteiger partial charge in [0, 0.05) is 37.3 Å². The fraction of sp³-hybridized carbons (Fsp3) is 0.786. The van der Waals surface area contributed by atoms with E-state index in [1.54, 1.807) is 18.4 Å². The van der Waals surface area contributed by atoms with Crippen LogP contribution >= 0.6 is 11.3 Å². The highest BCUT2D eigenvalue weighted by Gasteiger charge is 2.10. The van der Waals surface area contributed by atoms with Gasteiger partial charge in [-0.05, 0) is 39.2 Å². The molecule has 1 aromatic rings. The van der Waals surface area contributed by atoms with E-state index in [-0.39, 0.29) is 0 Å². The fourth-order valence-corrected chi connectivity index (χ4v) is 2.82. The molecular weight excluding hydrogens is 244 g/mol. The van der Waals surface area contributed by atoms with Crippen molar-refractivity contribution in [1.29, 1.82) is 0 Å². The quantitative estimate of drug-likeness (QED) is 0.663. The van der Waals surface area contributed by atoms with Crippen LogP contribution in [0.4, 0.5) is 0 Å². The van der Waals surface area contributed by atoms with Gasteiger partial charge in [0.15, 0.2) is 0 Å². The number of hydrogen-bond acceptors (Lipinski definition) is 4. The van der Waals surface area contributed by atoms with Gasteiger partial charge >= 0.3 is 0 Å². The molecule has 1 heterocycles. The minimum Gasteiger partial charge on any atom is -0.385 e. The lowest BCUT2D eigenvalue weighted by molar-refractivity contribution is 0.190. The molecule has 0 aromatic carbocycles. The maximum Gasteiger partial charge on any atom is 0.0943 e. The van der Waals surface area contributed by atoms with Crippen LogP contribution in [0.25, 0.3) is 0 Å². The van der Waals surface area contributed by atoms with Crippen LogP contribution in [0.3, 0.4) is 0 Å². The highest BCUT2D eigenvalue weighted by atomic mass is 32.1. The van der Waals surface area contributed by atoms with Crippen LogP contribution < -0.4 is 5.32 Å². The second kappa shape index (κ2) is 9.48. The van der Waals surface area contributed by atoms with E-state index >= 15 is 0 Å². The molecule has 0 aliphatic carbocycles. The molecule has 0 saturated heterocycles. The summed E-state index contributed by atoms with van der Waals surface area (Å²) in [5.41, 5.74) is 1.14. The molecule has 0 saturated carbocycles. The molecule has 1 atom stereocenters. The maximum absolute atomic E-state index is 5.10.